The van der Waals surface area contributed by atoms with Crippen molar-refractivity contribution in [2.45, 2.75) is 39.0 Å². The van der Waals surface area contributed by atoms with Crippen molar-refractivity contribution in [1.29, 1.82) is 0 Å². The molecule has 1 aliphatic carbocycles. The Hall–Kier alpha value is -2.47. The molecule has 2 aromatic heterocycles. The highest BCUT2D eigenvalue weighted by molar-refractivity contribution is 7.17. The van der Waals surface area contributed by atoms with Gasteiger partial charge in [-0.25, -0.2) is 4.98 Å². The maximum absolute atomic E-state index is 13.0. The zero-order chi connectivity index (χ0) is 19.4. The number of hydrogen-bond acceptors (Lipinski definition) is 4. The van der Waals surface area contributed by atoms with Gasteiger partial charge < -0.3 is 9.88 Å². The van der Waals surface area contributed by atoms with Crippen molar-refractivity contribution in [1.82, 2.24) is 14.9 Å². The third-order valence-electron chi connectivity index (χ3n) is 5.92. The molecule has 1 N–H and O–H groups in total. The van der Waals surface area contributed by atoms with E-state index in [1.54, 1.807) is 0 Å². The maximum atomic E-state index is 13.0. The van der Waals surface area contributed by atoms with Crippen molar-refractivity contribution >= 4 is 27.5 Å². The molecule has 0 bridgehead atoms. The van der Waals surface area contributed by atoms with E-state index < -0.39 is 0 Å². The molecule has 2 aliphatic rings. The molecule has 0 spiro atoms. The van der Waals surface area contributed by atoms with E-state index in [1.165, 1.54) is 29.7 Å². The van der Waals surface area contributed by atoms with E-state index in [1.807, 2.05) is 10.3 Å². The number of nitrogens with one attached hydrogen (secondary N) is 1. The molecular formula is C22H23N3O2S. The van der Waals surface area contributed by atoms with Crippen LogP contribution in [0.2, 0.25) is 0 Å². The predicted molar refractivity (Wildman–Crippen MR) is 112 cm³/mol. The molecule has 0 radical (unpaired) electrons. The molecule has 1 aliphatic heterocycles. The third kappa shape index (κ3) is 3.05. The van der Waals surface area contributed by atoms with E-state index in [0.29, 0.717) is 30.1 Å². The van der Waals surface area contributed by atoms with Crippen molar-refractivity contribution in [3.63, 3.8) is 0 Å². The summed E-state index contributed by atoms with van der Waals surface area (Å²) in [4.78, 5) is 35.8. The minimum absolute atomic E-state index is 0.0189. The second-order valence-electron chi connectivity index (χ2n) is 8.24. The van der Waals surface area contributed by atoms with Gasteiger partial charge >= 0.3 is 0 Å². The number of nitrogens with zero attached hydrogens (tertiary/aromatic N) is 2. The summed E-state index contributed by atoms with van der Waals surface area (Å²) in [6.45, 7) is 5.64. The highest BCUT2D eigenvalue weighted by Crippen LogP contribution is 2.36. The van der Waals surface area contributed by atoms with Crippen molar-refractivity contribution in [3.8, 4) is 11.1 Å². The van der Waals surface area contributed by atoms with Crippen LogP contribution in [0.1, 0.15) is 42.1 Å². The van der Waals surface area contributed by atoms with Gasteiger partial charge in [0.25, 0.3) is 5.56 Å². The topological polar surface area (TPSA) is 66.1 Å². The number of fused-ring (bicyclic) bond motifs is 1. The van der Waals surface area contributed by atoms with E-state index in [9.17, 15) is 9.59 Å². The van der Waals surface area contributed by atoms with Gasteiger partial charge in [-0.3, -0.25) is 9.59 Å². The predicted octanol–water partition coefficient (Wildman–Crippen LogP) is 3.99. The van der Waals surface area contributed by atoms with Gasteiger partial charge in [0.1, 0.15) is 10.7 Å². The first-order valence-corrected chi connectivity index (χ1v) is 10.7. The van der Waals surface area contributed by atoms with Gasteiger partial charge in [-0.05, 0) is 43.7 Å². The van der Waals surface area contributed by atoms with Gasteiger partial charge in [-0.2, -0.15) is 0 Å². The molecule has 3 heterocycles. The Labute approximate surface area is 167 Å². The number of aromatic nitrogens is 2. The lowest BCUT2D eigenvalue weighted by molar-refractivity contribution is -0.127. The average Bonchev–Trinajstić information content (AvgIpc) is 3.25. The largest absolute Gasteiger partial charge is 0.342 e. The van der Waals surface area contributed by atoms with Gasteiger partial charge in [0, 0.05) is 36.4 Å². The van der Waals surface area contributed by atoms with Crippen LogP contribution in [0, 0.1) is 19.8 Å². The molecule has 5 nitrogen and oxygen atoms in total. The standard InChI is InChI=1S/C22H23N3O2S/c1-12-3-4-13(2)16(7-12)17-11-28-22-19(17)21(27)23-20(24-22)15-8-18(26)25(10-15)9-14-5-6-14/h3-4,7,11,14-15H,5-6,8-10H2,1-2H3,(H,23,24,27). The maximum Gasteiger partial charge on any atom is 0.260 e. The van der Waals surface area contributed by atoms with Crippen molar-refractivity contribution in [2.24, 2.45) is 5.92 Å². The van der Waals surface area contributed by atoms with E-state index in [0.717, 1.165) is 28.1 Å². The van der Waals surface area contributed by atoms with E-state index in [4.69, 9.17) is 4.98 Å². The van der Waals surface area contributed by atoms with Crippen molar-refractivity contribution < 1.29 is 4.79 Å². The summed E-state index contributed by atoms with van der Waals surface area (Å²) in [7, 11) is 0. The molecule has 1 saturated carbocycles. The minimum atomic E-state index is -0.106. The molecule has 1 unspecified atom stereocenters. The molecule has 1 amide bonds. The fraction of sp³-hybridized carbons (Fsp3) is 0.409. The second-order valence-corrected chi connectivity index (χ2v) is 9.10. The zero-order valence-corrected chi connectivity index (χ0v) is 16.9. The molecule has 5 rings (SSSR count). The van der Waals surface area contributed by atoms with Crippen LogP contribution in [-0.4, -0.2) is 33.9 Å². The normalized spacial score (nSPS) is 19.7. The van der Waals surface area contributed by atoms with Crippen LogP contribution in [-0.2, 0) is 4.79 Å². The van der Waals surface area contributed by atoms with E-state index >= 15 is 0 Å². The van der Waals surface area contributed by atoms with Crippen LogP contribution in [0.25, 0.3) is 21.3 Å². The molecule has 28 heavy (non-hydrogen) atoms. The smallest absolute Gasteiger partial charge is 0.260 e. The number of aryl methyl sites for hydroxylation is 2. The second kappa shape index (κ2) is 6.55. The Balaban J connectivity index is 1.51. The highest BCUT2D eigenvalue weighted by Gasteiger charge is 2.36. The molecule has 144 valence electrons. The van der Waals surface area contributed by atoms with Gasteiger partial charge in [0.05, 0.1) is 5.39 Å². The highest BCUT2D eigenvalue weighted by atomic mass is 32.1. The number of aromatic amines is 1. The Kier molecular flexibility index (Phi) is 4.12. The lowest BCUT2D eigenvalue weighted by Crippen LogP contribution is -2.27. The fourth-order valence-electron chi connectivity index (χ4n) is 4.13. The number of hydrogen-bond donors (Lipinski definition) is 1. The zero-order valence-electron chi connectivity index (χ0n) is 16.1. The monoisotopic (exact) mass is 393 g/mol. The van der Waals surface area contributed by atoms with E-state index in [2.05, 4.69) is 37.0 Å². The number of carbonyl (C=O) groups is 1. The number of H-pyrrole nitrogens is 1. The molecule has 3 aromatic rings. The first kappa shape index (κ1) is 17.6. The summed E-state index contributed by atoms with van der Waals surface area (Å²) in [5, 5.41) is 2.68. The Morgan fingerprint density at radius 3 is 2.82 bits per heavy atom. The molecular weight excluding hydrogens is 370 g/mol. The van der Waals surface area contributed by atoms with Gasteiger partial charge in [-0.15, -0.1) is 11.3 Å². The van der Waals surface area contributed by atoms with Gasteiger partial charge in [0.2, 0.25) is 5.91 Å². The first-order chi connectivity index (χ1) is 13.5. The number of likely N-dealkylation sites (tertiary alicyclic amines) is 1. The molecule has 2 fully saturated rings. The number of thiophene rings is 1. The molecule has 1 saturated heterocycles. The van der Waals surface area contributed by atoms with Crippen LogP contribution in [0.15, 0.2) is 28.4 Å². The summed E-state index contributed by atoms with van der Waals surface area (Å²) >= 11 is 1.50. The fourth-order valence-corrected chi connectivity index (χ4v) is 5.07. The van der Waals surface area contributed by atoms with Gasteiger partial charge in [-0.1, -0.05) is 23.8 Å². The summed E-state index contributed by atoms with van der Waals surface area (Å²) in [5.74, 6) is 1.49. The summed E-state index contributed by atoms with van der Waals surface area (Å²) in [5.41, 5.74) is 4.23. The third-order valence-corrected chi connectivity index (χ3v) is 6.79. The van der Waals surface area contributed by atoms with Gasteiger partial charge in [0.15, 0.2) is 0 Å². The van der Waals surface area contributed by atoms with Crippen LogP contribution < -0.4 is 5.56 Å². The van der Waals surface area contributed by atoms with Crippen LogP contribution >= 0.6 is 11.3 Å². The summed E-state index contributed by atoms with van der Waals surface area (Å²) in [6.07, 6.45) is 2.90. The summed E-state index contributed by atoms with van der Waals surface area (Å²) in [6, 6.07) is 6.29. The first-order valence-electron chi connectivity index (χ1n) is 9.86. The minimum Gasteiger partial charge on any atom is -0.342 e. The van der Waals surface area contributed by atoms with Crippen molar-refractivity contribution in [2.75, 3.05) is 13.1 Å². The van der Waals surface area contributed by atoms with Crippen molar-refractivity contribution in [3.05, 3.63) is 50.9 Å². The lowest BCUT2D eigenvalue weighted by atomic mass is 9.99. The number of benzene rings is 1. The average molecular weight is 394 g/mol. The van der Waals surface area contributed by atoms with Crippen LogP contribution in [0.3, 0.4) is 0 Å². The quantitative estimate of drug-likeness (QED) is 0.729. The number of rotatable bonds is 4. The Bertz CT molecular complexity index is 1140. The number of carbonyl (C=O) groups excluding carboxylic acids is 1. The lowest BCUT2D eigenvalue weighted by Gasteiger charge is -2.15. The Morgan fingerprint density at radius 1 is 1.21 bits per heavy atom. The molecule has 6 heteroatoms. The summed E-state index contributed by atoms with van der Waals surface area (Å²) < 4.78 is 0. The SMILES string of the molecule is Cc1ccc(C)c(-c2csc3nc(C4CC(=O)N(CC5CC5)C4)[nH]c(=O)c23)c1. The molecule has 1 aromatic carbocycles. The molecule has 1 atom stereocenters. The number of amides is 1. The van der Waals surface area contributed by atoms with Crippen LogP contribution in [0.5, 0.6) is 0 Å². The van der Waals surface area contributed by atoms with E-state index in [-0.39, 0.29) is 17.4 Å². The van der Waals surface area contributed by atoms with Crippen LogP contribution in [0.4, 0.5) is 0 Å². The Morgan fingerprint density at radius 2 is 2.04 bits per heavy atom.